The second kappa shape index (κ2) is 6.57. The van der Waals surface area contributed by atoms with Gasteiger partial charge in [0.2, 0.25) is 4.91 Å². The van der Waals surface area contributed by atoms with Crippen LogP contribution in [-0.2, 0) is 23.1 Å². The van der Waals surface area contributed by atoms with Crippen molar-refractivity contribution in [3.05, 3.63) is 58.9 Å². The average Bonchev–Trinajstić information content (AvgIpc) is 2.44. The first-order chi connectivity index (χ1) is 10.4. The standard InChI is InChI=1S/C14H14N4O3S/c1-10-5-6-14(22(19,20)21)11(7-10)8-12-3-2-4-13(17-12)9-16-18-15/h2-7,15H,8-9H2,1H3. The smallest absolute Gasteiger partial charge is 0.214 e. The third kappa shape index (κ3) is 4.05. The molecule has 1 aromatic heterocycles. The Kier molecular flexibility index (Phi) is 4.77. The molecule has 0 aliphatic heterocycles. The van der Waals surface area contributed by atoms with Crippen molar-refractivity contribution in [2.75, 3.05) is 0 Å². The highest BCUT2D eigenvalue weighted by molar-refractivity contribution is 7.85. The molecule has 0 saturated heterocycles. The molecule has 0 aliphatic rings. The summed E-state index contributed by atoms with van der Waals surface area (Å²) in [5.74, 6) is 0. The van der Waals surface area contributed by atoms with Gasteiger partial charge < -0.3 is 4.55 Å². The first-order valence-corrected chi connectivity index (χ1v) is 7.84. The van der Waals surface area contributed by atoms with E-state index in [1.807, 2.05) is 6.92 Å². The molecule has 114 valence electrons. The Morgan fingerprint density at radius 1 is 1.27 bits per heavy atom. The second-order valence-electron chi connectivity index (χ2n) is 4.76. The van der Waals surface area contributed by atoms with Crippen LogP contribution in [0.1, 0.15) is 22.5 Å². The maximum atomic E-state index is 11.3. The molecule has 0 spiro atoms. The van der Waals surface area contributed by atoms with Crippen molar-refractivity contribution >= 4 is 10.1 Å². The molecule has 8 heteroatoms. The fourth-order valence-electron chi connectivity index (χ4n) is 2.11. The fraction of sp³-hybridized carbons (Fsp3) is 0.214. The third-order valence-electron chi connectivity index (χ3n) is 3.02. The van der Waals surface area contributed by atoms with Crippen molar-refractivity contribution in [3.8, 4) is 0 Å². The summed E-state index contributed by atoms with van der Waals surface area (Å²) in [7, 11) is -4.53. The minimum atomic E-state index is -4.53. The highest BCUT2D eigenvalue weighted by atomic mass is 32.2. The van der Waals surface area contributed by atoms with Crippen molar-refractivity contribution < 1.29 is 13.0 Å². The maximum Gasteiger partial charge on any atom is 0.214 e. The molecule has 0 amide bonds. The number of pyridine rings is 1. The Balaban J connectivity index is 2.38. The molecular weight excluding hydrogens is 304 g/mol. The zero-order chi connectivity index (χ0) is 16.2. The molecule has 0 aliphatic carbocycles. The van der Waals surface area contributed by atoms with Crippen LogP contribution in [-0.4, -0.2) is 18.0 Å². The van der Waals surface area contributed by atoms with Gasteiger partial charge in [0.25, 0.3) is 0 Å². The van der Waals surface area contributed by atoms with Crippen molar-refractivity contribution in [2.24, 2.45) is 5.11 Å². The largest absolute Gasteiger partial charge is 0.744 e. The summed E-state index contributed by atoms with van der Waals surface area (Å²) in [5.41, 5.74) is 9.15. The number of aromatic nitrogens is 1. The van der Waals surface area contributed by atoms with Gasteiger partial charge in [0.1, 0.15) is 20.8 Å². The first kappa shape index (κ1) is 16.0. The lowest BCUT2D eigenvalue weighted by atomic mass is 10.1. The molecule has 2 rings (SSSR count). The molecule has 0 saturated carbocycles. The molecule has 2 aromatic rings. The second-order valence-corrected chi connectivity index (χ2v) is 6.11. The highest BCUT2D eigenvalue weighted by Crippen LogP contribution is 2.20. The lowest BCUT2D eigenvalue weighted by molar-refractivity contribution is 0.462. The Morgan fingerprint density at radius 3 is 2.68 bits per heavy atom. The van der Waals surface area contributed by atoms with Gasteiger partial charge >= 0.3 is 0 Å². The van der Waals surface area contributed by atoms with Crippen LogP contribution in [0.3, 0.4) is 0 Å². The van der Waals surface area contributed by atoms with E-state index in [2.05, 4.69) is 15.0 Å². The Morgan fingerprint density at radius 2 is 2.00 bits per heavy atom. The SMILES string of the molecule is Cc1ccc(S(=O)(=O)[O-])c(Cc2cccc(CN=[N+]=N)n2)c1. The summed E-state index contributed by atoms with van der Waals surface area (Å²) in [5, 5.41) is 3.54. The minimum Gasteiger partial charge on any atom is -0.744 e. The van der Waals surface area contributed by atoms with Crippen LogP contribution in [0.25, 0.3) is 0 Å². The van der Waals surface area contributed by atoms with Crippen LogP contribution < -0.4 is 4.91 Å². The zero-order valence-corrected chi connectivity index (χ0v) is 12.7. The van der Waals surface area contributed by atoms with Crippen molar-refractivity contribution in [3.63, 3.8) is 0 Å². The maximum absolute atomic E-state index is 11.3. The van der Waals surface area contributed by atoms with Gasteiger partial charge in [-0.2, -0.15) is 0 Å². The van der Waals surface area contributed by atoms with Gasteiger partial charge in [-0.3, -0.25) is 4.98 Å². The minimum absolute atomic E-state index is 0.178. The molecule has 1 aromatic carbocycles. The Bertz CT molecular complexity index is 843. The van der Waals surface area contributed by atoms with Crippen molar-refractivity contribution in [1.29, 1.82) is 5.53 Å². The Hall–Kier alpha value is -2.41. The van der Waals surface area contributed by atoms with E-state index in [9.17, 15) is 13.0 Å². The Labute approximate surface area is 128 Å². The fourth-order valence-corrected chi connectivity index (χ4v) is 2.80. The van der Waals surface area contributed by atoms with Gasteiger partial charge in [0, 0.05) is 12.1 Å². The van der Waals surface area contributed by atoms with E-state index in [0.29, 0.717) is 17.0 Å². The van der Waals surface area contributed by atoms with Crippen LogP contribution in [0.15, 0.2) is 46.4 Å². The summed E-state index contributed by atoms with van der Waals surface area (Å²) < 4.78 is 34.0. The van der Waals surface area contributed by atoms with Crippen LogP contribution in [0.2, 0.25) is 0 Å². The van der Waals surface area contributed by atoms with E-state index in [1.165, 1.54) is 6.07 Å². The number of hydrogen-bond donors (Lipinski definition) is 1. The van der Waals surface area contributed by atoms with Crippen molar-refractivity contribution in [1.82, 2.24) is 9.90 Å². The van der Waals surface area contributed by atoms with Crippen molar-refractivity contribution in [2.45, 2.75) is 24.8 Å². The van der Waals surface area contributed by atoms with Gasteiger partial charge in [-0.25, -0.2) is 8.42 Å². The molecule has 7 nitrogen and oxygen atoms in total. The van der Waals surface area contributed by atoms with E-state index in [4.69, 9.17) is 5.53 Å². The topological polar surface area (TPSA) is 120 Å². The molecule has 0 unspecified atom stereocenters. The number of hydrogen-bond acceptors (Lipinski definition) is 6. The van der Waals surface area contributed by atoms with Crippen LogP contribution in [0.5, 0.6) is 0 Å². The van der Waals surface area contributed by atoms with E-state index in [0.717, 1.165) is 5.56 Å². The van der Waals surface area contributed by atoms with E-state index in [-0.39, 0.29) is 17.9 Å². The average molecular weight is 318 g/mol. The summed E-state index contributed by atoms with van der Waals surface area (Å²) >= 11 is 0. The van der Waals surface area contributed by atoms with Crippen LogP contribution in [0, 0.1) is 12.5 Å². The van der Waals surface area contributed by atoms with Gasteiger partial charge in [0.05, 0.1) is 10.6 Å². The van der Waals surface area contributed by atoms with E-state index < -0.39 is 10.1 Å². The molecule has 0 radical (unpaired) electrons. The van der Waals surface area contributed by atoms with Crippen LogP contribution >= 0.6 is 0 Å². The predicted molar refractivity (Wildman–Crippen MR) is 77.2 cm³/mol. The lowest BCUT2D eigenvalue weighted by Crippen LogP contribution is -2.05. The monoisotopic (exact) mass is 318 g/mol. The zero-order valence-electron chi connectivity index (χ0n) is 11.9. The number of rotatable bonds is 5. The molecule has 0 atom stereocenters. The lowest BCUT2D eigenvalue weighted by Gasteiger charge is -2.13. The van der Waals surface area contributed by atoms with E-state index in [1.54, 1.807) is 30.3 Å². The predicted octanol–water partition coefficient (Wildman–Crippen LogP) is 1.94. The van der Waals surface area contributed by atoms with Gasteiger partial charge in [-0.15, -0.1) is 0 Å². The quantitative estimate of drug-likeness (QED) is 0.514. The third-order valence-corrected chi connectivity index (χ3v) is 3.96. The molecule has 22 heavy (non-hydrogen) atoms. The first-order valence-electron chi connectivity index (χ1n) is 6.43. The summed E-state index contributed by atoms with van der Waals surface area (Å²) in [6.45, 7) is 2.00. The summed E-state index contributed by atoms with van der Waals surface area (Å²) in [4.78, 5) is 7.02. The normalized spacial score (nSPS) is 11.0. The molecule has 0 bridgehead atoms. The molecule has 0 fully saturated rings. The van der Waals surface area contributed by atoms with Gasteiger partial charge in [-0.1, -0.05) is 23.8 Å². The van der Waals surface area contributed by atoms with Gasteiger partial charge in [-0.05, 0) is 30.7 Å². The van der Waals surface area contributed by atoms with E-state index >= 15 is 0 Å². The highest BCUT2D eigenvalue weighted by Gasteiger charge is 2.11. The van der Waals surface area contributed by atoms with Gasteiger partial charge in [0.15, 0.2) is 6.54 Å². The summed E-state index contributed by atoms with van der Waals surface area (Å²) in [6, 6.07) is 9.82. The number of aryl methyl sites for hydroxylation is 1. The summed E-state index contributed by atoms with van der Waals surface area (Å²) in [6.07, 6.45) is 0.227. The molecule has 1 N–H and O–H groups in total. The number of benzene rings is 1. The number of nitrogens with one attached hydrogen (secondary N) is 1. The van der Waals surface area contributed by atoms with Crippen LogP contribution in [0.4, 0.5) is 0 Å². The molecule has 1 heterocycles. The molecular formula is C14H14N4O3S. The number of nitrogens with zero attached hydrogens (tertiary/aromatic N) is 3.